The maximum atomic E-state index is 12.4. The second kappa shape index (κ2) is 8.38. The third-order valence-electron chi connectivity index (χ3n) is 5.24. The molecule has 8 nitrogen and oxygen atoms in total. The first-order valence-corrected chi connectivity index (χ1v) is 10.3. The zero-order valence-electron chi connectivity index (χ0n) is 17.9. The normalized spacial score (nSPS) is 15.1. The van der Waals surface area contributed by atoms with Crippen LogP contribution in [0.15, 0.2) is 18.2 Å². The number of benzene rings is 1. The summed E-state index contributed by atoms with van der Waals surface area (Å²) in [5.74, 6) is -1.38. The van der Waals surface area contributed by atoms with Gasteiger partial charge in [-0.1, -0.05) is 19.3 Å². The van der Waals surface area contributed by atoms with E-state index in [9.17, 15) is 19.5 Å². The molecule has 0 unspecified atom stereocenters. The molecule has 1 aromatic carbocycles. The number of carbonyl (C=O) groups excluding carboxylic acids is 3. The molecule has 8 heteroatoms. The Balaban J connectivity index is 1.91. The summed E-state index contributed by atoms with van der Waals surface area (Å²) < 4.78 is 0.948. The molecule has 0 bridgehead atoms. The number of hydrogen-bond acceptors (Lipinski definition) is 5. The molecule has 1 aliphatic rings. The number of nitrogens with zero attached hydrogens (tertiary/aromatic N) is 1. The first kappa shape index (κ1) is 21.7. The van der Waals surface area contributed by atoms with Crippen molar-refractivity contribution in [1.29, 1.82) is 0 Å². The number of nitrogens with one attached hydrogen (secondary N) is 2. The van der Waals surface area contributed by atoms with Crippen molar-refractivity contribution < 1.29 is 24.3 Å². The fourth-order valence-electron chi connectivity index (χ4n) is 3.58. The molecule has 2 aromatic rings. The van der Waals surface area contributed by atoms with Gasteiger partial charge in [0.2, 0.25) is 5.88 Å². The minimum Gasteiger partial charge on any atom is -0.492 e. The molecule has 1 heterocycles. The summed E-state index contributed by atoms with van der Waals surface area (Å²) in [7, 11) is 0. The highest BCUT2D eigenvalue weighted by Gasteiger charge is 2.28. The van der Waals surface area contributed by atoms with Crippen LogP contribution < -0.4 is 15.5 Å². The molecule has 1 aliphatic carbocycles. The second-order valence-electron chi connectivity index (χ2n) is 8.84. The number of fused-ring (bicyclic) bond motifs is 1. The van der Waals surface area contributed by atoms with Crippen LogP contribution in [-0.2, 0) is 4.79 Å². The maximum Gasteiger partial charge on any atom is 0.338 e. The zero-order valence-corrected chi connectivity index (χ0v) is 17.9. The minimum atomic E-state index is -0.810. The van der Waals surface area contributed by atoms with Gasteiger partial charge in [0.05, 0.1) is 16.5 Å². The van der Waals surface area contributed by atoms with Crippen LogP contribution in [0.25, 0.3) is 10.9 Å². The van der Waals surface area contributed by atoms with Crippen molar-refractivity contribution >= 4 is 34.4 Å². The fraction of sp³-hybridized carbons (Fsp3) is 0.500. The van der Waals surface area contributed by atoms with Gasteiger partial charge in [-0.05, 0) is 58.7 Å². The zero-order chi connectivity index (χ0) is 22.1. The summed E-state index contributed by atoms with van der Waals surface area (Å²) in [6.45, 7) is 6.39. The quantitative estimate of drug-likeness (QED) is 0.654. The smallest absolute Gasteiger partial charge is 0.338 e. The molecule has 0 spiro atoms. The number of anilines is 1. The minimum absolute atomic E-state index is 0.0601. The first-order chi connectivity index (χ1) is 14.1. The van der Waals surface area contributed by atoms with E-state index >= 15 is 0 Å². The highest BCUT2D eigenvalue weighted by molar-refractivity contribution is 6.10. The number of aromatic nitrogens is 1. The topological polar surface area (TPSA) is 110 Å². The standard InChI is InChI=1S/C22H29N3O5/c1-13(26)18-16-11-10-15(24-21(29)23-14-8-6-5-7-9-14)12-17(16)25(19(18)27)30-20(28)22(2,3)4/h10-12,14,27H,5-9H2,1-4H3,(H2,23,24,29). The van der Waals surface area contributed by atoms with Gasteiger partial charge in [0.25, 0.3) is 0 Å². The van der Waals surface area contributed by atoms with Crippen LogP contribution in [0.1, 0.15) is 70.2 Å². The molecule has 0 aliphatic heterocycles. The highest BCUT2D eigenvalue weighted by atomic mass is 16.7. The summed E-state index contributed by atoms with van der Waals surface area (Å²) in [5, 5.41) is 16.7. The van der Waals surface area contributed by atoms with Gasteiger partial charge in [-0.25, -0.2) is 9.59 Å². The number of carbonyl (C=O) groups is 3. The van der Waals surface area contributed by atoms with Crippen LogP contribution in [0.5, 0.6) is 5.88 Å². The Kier molecular flexibility index (Phi) is 6.05. The van der Waals surface area contributed by atoms with Crippen molar-refractivity contribution in [3.63, 3.8) is 0 Å². The van der Waals surface area contributed by atoms with E-state index in [-0.39, 0.29) is 23.4 Å². The van der Waals surface area contributed by atoms with E-state index in [0.717, 1.165) is 30.4 Å². The molecular formula is C22H29N3O5. The molecule has 1 saturated carbocycles. The Hall–Kier alpha value is -3.03. The molecule has 0 saturated heterocycles. The van der Waals surface area contributed by atoms with E-state index in [0.29, 0.717) is 16.6 Å². The Morgan fingerprint density at radius 1 is 1.13 bits per heavy atom. The van der Waals surface area contributed by atoms with E-state index in [4.69, 9.17) is 4.84 Å². The van der Waals surface area contributed by atoms with Crippen LogP contribution in [0.2, 0.25) is 0 Å². The van der Waals surface area contributed by atoms with Gasteiger partial charge >= 0.3 is 12.0 Å². The molecule has 0 atom stereocenters. The molecule has 162 valence electrons. The van der Waals surface area contributed by atoms with E-state index in [1.807, 2.05) is 0 Å². The van der Waals surface area contributed by atoms with E-state index in [1.54, 1.807) is 39.0 Å². The van der Waals surface area contributed by atoms with Gasteiger partial charge in [-0.3, -0.25) is 4.79 Å². The highest BCUT2D eigenvalue weighted by Crippen LogP contribution is 2.33. The van der Waals surface area contributed by atoms with Gasteiger partial charge in [-0.15, -0.1) is 4.73 Å². The summed E-state index contributed by atoms with van der Waals surface area (Å²) in [4.78, 5) is 42.2. The molecule has 30 heavy (non-hydrogen) atoms. The lowest BCUT2D eigenvalue weighted by molar-refractivity contribution is -0.153. The number of aromatic hydroxyl groups is 1. The first-order valence-electron chi connectivity index (χ1n) is 10.3. The summed E-state index contributed by atoms with van der Waals surface area (Å²) in [6.07, 6.45) is 5.35. The van der Waals surface area contributed by atoms with Gasteiger partial charge < -0.3 is 20.6 Å². The van der Waals surface area contributed by atoms with E-state index in [2.05, 4.69) is 10.6 Å². The average Bonchev–Trinajstić information content (AvgIpc) is 2.93. The van der Waals surface area contributed by atoms with Gasteiger partial charge in [0, 0.05) is 17.1 Å². The fourth-order valence-corrected chi connectivity index (χ4v) is 3.58. The predicted octanol–water partition coefficient (Wildman–Crippen LogP) is 4.01. The van der Waals surface area contributed by atoms with Crippen LogP contribution in [-0.4, -0.2) is 33.7 Å². The lowest BCUT2D eigenvalue weighted by Gasteiger charge is -2.22. The number of amides is 2. The molecular weight excluding hydrogens is 386 g/mol. The van der Waals surface area contributed by atoms with E-state index in [1.165, 1.54) is 13.3 Å². The summed E-state index contributed by atoms with van der Waals surface area (Å²) >= 11 is 0. The Morgan fingerprint density at radius 2 is 1.80 bits per heavy atom. The van der Waals surface area contributed by atoms with Crippen LogP contribution in [0.3, 0.4) is 0 Å². The van der Waals surface area contributed by atoms with Crippen molar-refractivity contribution in [3.05, 3.63) is 23.8 Å². The lowest BCUT2D eigenvalue weighted by Crippen LogP contribution is -2.39. The largest absolute Gasteiger partial charge is 0.492 e. The number of hydrogen-bond donors (Lipinski definition) is 3. The lowest BCUT2D eigenvalue weighted by atomic mass is 9.96. The molecule has 3 N–H and O–H groups in total. The summed E-state index contributed by atoms with van der Waals surface area (Å²) in [5.41, 5.74) is 0.0157. The predicted molar refractivity (Wildman–Crippen MR) is 114 cm³/mol. The van der Waals surface area contributed by atoms with Crippen molar-refractivity contribution in [3.8, 4) is 5.88 Å². The number of rotatable bonds is 4. The average molecular weight is 415 g/mol. The van der Waals surface area contributed by atoms with Gasteiger partial charge in [0.1, 0.15) is 0 Å². The van der Waals surface area contributed by atoms with Crippen LogP contribution in [0, 0.1) is 5.41 Å². The molecule has 1 fully saturated rings. The Bertz CT molecular complexity index is 981. The van der Waals surface area contributed by atoms with Crippen LogP contribution >= 0.6 is 0 Å². The summed E-state index contributed by atoms with van der Waals surface area (Å²) in [6, 6.07) is 4.67. The molecule has 3 rings (SSSR count). The Morgan fingerprint density at radius 3 is 2.40 bits per heavy atom. The van der Waals surface area contributed by atoms with E-state index < -0.39 is 17.3 Å². The number of urea groups is 1. The molecule has 2 amide bonds. The van der Waals surface area contributed by atoms with Crippen molar-refractivity contribution in [2.24, 2.45) is 5.41 Å². The maximum absolute atomic E-state index is 12.4. The second-order valence-corrected chi connectivity index (χ2v) is 8.84. The van der Waals surface area contributed by atoms with Gasteiger partial charge in [0.15, 0.2) is 5.78 Å². The van der Waals surface area contributed by atoms with Crippen molar-refractivity contribution in [2.45, 2.75) is 65.8 Å². The third kappa shape index (κ3) is 4.58. The van der Waals surface area contributed by atoms with Gasteiger partial charge in [-0.2, -0.15) is 0 Å². The number of ketones is 1. The third-order valence-corrected chi connectivity index (χ3v) is 5.24. The van der Waals surface area contributed by atoms with Crippen molar-refractivity contribution in [2.75, 3.05) is 5.32 Å². The monoisotopic (exact) mass is 415 g/mol. The molecule has 0 radical (unpaired) electrons. The molecule has 1 aromatic heterocycles. The Labute approximate surface area is 175 Å². The van der Waals surface area contributed by atoms with Crippen molar-refractivity contribution in [1.82, 2.24) is 10.0 Å². The van der Waals surface area contributed by atoms with Crippen LogP contribution in [0.4, 0.5) is 10.5 Å². The number of Topliss-reactive ketones (excluding diaryl/α,β-unsaturated/α-hetero) is 1. The SMILES string of the molecule is CC(=O)c1c(O)n(OC(=O)C(C)(C)C)c2cc(NC(=O)NC3CCCCC3)ccc12.